The lowest BCUT2D eigenvalue weighted by Crippen LogP contribution is -2.28. The molecule has 4 aromatic rings. The molecule has 0 radical (unpaired) electrons. The quantitative estimate of drug-likeness (QED) is 0.406. The molecule has 7 heteroatoms. The summed E-state index contributed by atoms with van der Waals surface area (Å²) in [4.78, 5) is 27.9. The largest absolute Gasteiger partial charge is 0.481 e. The highest BCUT2D eigenvalue weighted by atomic mass is 16.5. The maximum absolute atomic E-state index is 13.2. The smallest absolute Gasteiger partial charge is 0.213 e. The molecule has 0 aliphatic rings. The molecule has 1 aromatic carbocycles. The van der Waals surface area contributed by atoms with Crippen molar-refractivity contribution in [2.45, 2.75) is 25.9 Å². The van der Waals surface area contributed by atoms with Gasteiger partial charge in [0.1, 0.15) is 6.33 Å². The number of aryl methyl sites for hydroxylation is 2. The van der Waals surface area contributed by atoms with E-state index < -0.39 is 0 Å². The fourth-order valence-corrected chi connectivity index (χ4v) is 3.96. The number of ether oxygens (including phenoxy) is 1. The summed E-state index contributed by atoms with van der Waals surface area (Å²) >= 11 is 0. The van der Waals surface area contributed by atoms with E-state index in [-0.39, 0.29) is 5.43 Å². The highest BCUT2D eigenvalue weighted by Crippen LogP contribution is 2.16. The third-order valence-corrected chi connectivity index (χ3v) is 5.53. The monoisotopic (exact) mass is 429 g/mol. The molecule has 0 atom stereocenters. The molecule has 3 heterocycles. The fourth-order valence-electron chi connectivity index (χ4n) is 3.96. The van der Waals surface area contributed by atoms with E-state index in [2.05, 4.69) is 19.9 Å². The van der Waals surface area contributed by atoms with Crippen molar-refractivity contribution in [3.8, 4) is 5.88 Å². The van der Waals surface area contributed by atoms with E-state index >= 15 is 0 Å². The lowest BCUT2D eigenvalue weighted by molar-refractivity contribution is 0.252. The van der Waals surface area contributed by atoms with Gasteiger partial charge in [0.05, 0.1) is 12.6 Å². The number of nitrogens with zero attached hydrogens (tertiary/aromatic N) is 5. The van der Waals surface area contributed by atoms with Gasteiger partial charge in [0, 0.05) is 61.9 Å². The summed E-state index contributed by atoms with van der Waals surface area (Å²) in [5, 5.41) is 0.750. The maximum Gasteiger partial charge on any atom is 0.213 e. The van der Waals surface area contributed by atoms with Crippen LogP contribution >= 0.6 is 0 Å². The molecular weight excluding hydrogens is 402 g/mol. The first kappa shape index (κ1) is 21.6. The van der Waals surface area contributed by atoms with Gasteiger partial charge in [0.2, 0.25) is 5.88 Å². The summed E-state index contributed by atoms with van der Waals surface area (Å²) in [6.07, 6.45) is 10.8. The Balaban J connectivity index is 1.57. The van der Waals surface area contributed by atoms with Crippen molar-refractivity contribution < 1.29 is 4.74 Å². The van der Waals surface area contributed by atoms with Gasteiger partial charge in [-0.15, -0.1) is 0 Å². The number of hydrogen-bond acceptors (Lipinski definition) is 6. The van der Waals surface area contributed by atoms with E-state index in [1.165, 1.54) is 0 Å². The molecule has 32 heavy (non-hydrogen) atoms. The molecule has 4 rings (SSSR count). The molecule has 0 saturated heterocycles. The Labute approximate surface area is 187 Å². The summed E-state index contributed by atoms with van der Waals surface area (Å²) in [7, 11) is 3.60. The number of hydrogen-bond donors (Lipinski definition) is 0. The Morgan fingerprint density at radius 2 is 1.88 bits per heavy atom. The summed E-state index contributed by atoms with van der Waals surface area (Å²) in [6, 6.07) is 11.7. The molecule has 0 bridgehead atoms. The third-order valence-electron chi connectivity index (χ3n) is 5.53. The van der Waals surface area contributed by atoms with E-state index in [1.807, 2.05) is 66.6 Å². The molecule has 3 aromatic heterocycles. The first-order chi connectivity index (χ1) is 15.6. The van der Waals surface area contributed by atoms with Crippen LogP contribution in [0.4, 0.5) is 0 Å². The van der Waals surface area contributed by atoms with Crippen LogP contribution in [0.5, 0.6) is 5.88 Å². The van der Waals surface area contributed by atoms with Gasteiger partial charge in [-0.05, 0) is 48.7 Å². The maximum atomic E-state index is 13.2. The molecule has 0 spiro atoms. The van der Waals surface area contributed by atoms with Crippen molar-refractivity contribution in [1.82, 2.24) is 24.4 Å². The minimum absolute atomic E-state index is 0.0902. The average molecular weight is 430 g/mol. The van der Waals surface area contributed by atoms with Crippen molar-refractivity contribution in [3.63, 3.8) is 0 Å². The van der Waals surface area contributed by atoms with E-state index in [4.69, 9.17) is 4.74 Å². The van der Waals surface area contributed by atoms with Crippen LogP contribution in [0.15, 0.2) is 72.3 Å². The Morgan fingerprint density at radius 3 is 2.69 bits per heavy atom. The highest BCUT2D eigenvalue weighted by molar-refractivity contribution is 5.79. The van der Waals surface area contributed by atoms with Crippen LogP contribution in [0.2, 0.25) is 0 Å². The minimum Gasteiger partial charge on any atom is -0.481 e. The summed E-state index contributed by atoms with van der Waals surface area (Å²) < 4.78 is 7.31. The van der Waals surface area contributed by atoms with Gasteiger partial charge in [-0.1, -0.05) is 12.1 Å². The SMILES string of the molecule is COc1cc(CN(CCCc2cncnc2)Cc2cn(C)c3ccccc3c2=O)ccn1. The topological polar surface area (TPSA) is 73.1 Å². The number of para-hydroxylation sites is 1. The van der Waals surface area contributed by atoms with Crippen molar-refractivity contribution in [3.05, 3.63) is 94.4 Å². The zero-order chi connectivity index (χ0) is 22.3. The Hall–Kier alpha value is -3.58. The molecule has 0 N–H and O–H groups in total. The number of fused-ring (bicyclic) bond motifs is 1. The second kappa shape index (κ2) is 10.2. The van der Waals surface area contributed by atoms with Crippen LogP contribution in [0.1, 0.15) is 23.1 Å². The molecular formula is C25H27N5O2. The number of aromatic nitrogens is 4. The van der Waals surface area contributed by atoms with Gasteiger partial charge < -0.3 is 9.30 Å². The molecule has 0 unspecified atom stereocenters. The number of methoxy groups -OCH3 is 1. The Morgan fingerprint density at radius 1 is 1.06 bits per heavy atom. The summed E-state index contributed by atoms with van der Waals surface area (Å²) in [6.45, 7) is 2.09. The zero-order valence-electron chi connectivity index (χ0n) is 18.4. The molecule has 0 saturated carbocycles. The van der Waals surface area contributed by atoms with Gasteiger partial charge in [-0.3, -0.25) is 9.69 Å². The van der Waals surface area contributed by atoms with Gasteiger partial charge >= 0.3 is 0 Å². The summed E-state index contributed by atoms with van der Waals surface area (Å²) in [5.74, 6) is 0.588. The van der Waals surface area contributed by atoms with Crippen LogP contribution in [0, 0.1) is 0 Å². The van der Waals surface area contributed by atoms with Crippen LogP contribution in [-0.2, 0) is 26.6 Å². The number of benzene rings is 1. The van der Waals surface area contributed by atoms with E-state index in [1.54, 1.807) is 19.6 Å². The predicted molar refractivity (Wildman–Crippen MR) is 124 cm³/mol. The Bertz CT molecular complexity index is 1240. The lowest BCUT2D eigenvalue weighted by Gasteiger charge is -2.23. The minimum atomic E-state index is 0.0902. The van der Waals surface area contributed by atoms with Crippen LogP contribution in [-0.4, -0.2) is 38.1 Å². The average Bonchev–Trinajstić information content (AvgIpc) is 2.83. The van der Waals surface area contributed by atoms with Gasteiger partial charge in [0.15, 0.2) is 5.43 Å². The zero-order valence-corrected chi connectivity index (χ0v) is 18.4. The van der Waals surface area contributed by atoms with Gasteiger partial charge in [-0.2, -0.15) is 0 Å². The van der Waals surface area contributed by atoms with Crippen LogP contribution in [0.3, 0.4) is 0 Å². The molecule has 0 aliphatic heterocycles. The van der Waals surface area contributed by atoms with E-state index in [0.717, 1.165) is 47.0 Å². The first-order valence-electron chi connectivity index (χ1n) is 10.7. The molecule has 0 aliphatic carbocycles. The molecule has 7 nitrogen and oxygen atoms in total. The number of rotatable bonds is 9. The van der Waals surface area contributed by atoms with Crippen molar-refractivity contribution in [2.24, 2.45) is 7.05 Å². The summed E-state index contributed by atoms with van der Waals surface area (Å²) in [5.41, 5.74) is 4.02. The fraction of sp³-hybridized carbons (Fsp3) is 0.280. The predicted octanol–water partition coefficient (Wildman–Crippen LogP) is 3.37. The van der Waals surface area contributed by atoms with Gasteiger partial charge in [-0.25, -0.2) is 15.0 Å². The molecule has 164 valence electrons. The standard InChI is InChI=1S/C25H27N5O2/c1-29-16-21(25(31)22-7-3-4-8-23(22)29)17-30(11-5-6-20-13-26-18-27-14-20)15-19-9-10-28-24(12-19)32-2/h3-4,7-10,12-14,16,18H,5-6,11,15,17H2,1-2H3. The van der Waals surface area contributed by atoms with Gasteiger partial charge in [0.25, 0.3) is 0 Å². The van der Waals surface area contributed by atoms with Crippen molar-refractivity contribution in [1.29, 1.82) is 0 Å². The second-order valence-electron chi connectivity index (χ2n) is 7.88. The van der Waals surface area contributed by atoms with Crippen LogP contribution in [0.25, 0.3) is 10.9 Å². The normalized spacial score (nSPS) is 11.2. The Kier molecular flexibility index (Phi) is 6.87. The number of pyridine rings is 2. The van der Waals surface area contributed by atoms with Crippen molar-refractivity contribution >= 4 is 10.9 Å². The third kappa shape index (κ3) is 5.18. The first-order valence-corrected chi connectivity index (χ1v) is 10.7. The second-order valence-corrected chi connectivity index (χ2v) is 7.88. The molecule has 0 fully saturated rings. The van der Waals surface area contributed by atoms with Crippen LogP contribution < -0.4 is 10.2 Å². The lowest BCUT2D eigenvalue weighted by atomic mass is 10.1. The van der Waals surface area contributed by atoms with Crippen molar-refractivity contribution in [2.75, 3.05) is 13.7 Å². The highest BCUT2D eigenvalue weighted by Gasteiger charge is 2.13. The molecule has 0 amide bonds. The van der Waals surface area contributed by atoms with E-state index in [9.17, 15) is 4.79 Å². The van der Waals surface area contributed by atoms with E-state index in [0.29, 0.717) is 19.0 Å².